The number of carbonyl (C=O) groups is 2. The van der Waals surface area contributed by atoms with Gasteiger partial charge in [0.25, 0.3) is 0 Å². The number of hydrazone groups is 4. The third kappa shape index (κ3) is 29.6. The third-order valence-electron chi connectivity index (χ3n) is 4.96. The first-order valence-corrected chi connectivity index (χ1v) is 16.3. The first-order valence-electron chi connectivity index (χ1n) is 14.3. The summed E-state index contributed by atoms with van der Waals surface area (Å²) >= 11 is 0. The number of hydrogen-bond acceptors (Lipinski definition) is 10. The van der Waals surface area contributed by atoms with Gasteiger partial charge in [-0.15, -0.1) is 0 Å². The van der Waals surface area contributed by atoms with Crippen LogP contribution in [0.25, 0.3) is 10.9 Å². The van der Waals surface area contributed by atoms with Gasteiger partial charge in [-0.05, 0) is 25.7 Å². The fraction of sp³-hybridized carbons (Fsp3) is 0.667. The Kier molecular flexibility index (Phi) is 22.0. The molecule has 22 heteroatoms. The molecule has 0 aliphatic carbocycles. The maximum Gasteiger partial charge on any atom is 3.00 e. The molecule has 2 rings (SSSR count). The average molecular weight is 731 g/mol. The molecule has 0 spiro atoms. The Morgan fingerprint density at radius 2 is 1.02 bits per heavy atom. The summed E-state index contributed by atoms with van der Waals surface area (Å²) in [6.45, 7) is 17.1. The van der Waals surface area contributed by atoms with Crippen LogP contribution in [0.4, 0.5) is 25.2 Å². The summed E-state index contributed by atoms with van der Waals surface area (Å²) in [5.41, 5.74) is 8.03. The van der Waals surface area contributed by atoms with Crippen LogP contribution in [0.2, 0.25) is 0 Å². The van der Waals surface area contributed by atoms with Crippen molar-refractivity contribution in [3.8, 4) is 0 Å². The van der Waals surface area contributed by atoms with Crippen LogP contribution in [-0.4, -0.2) is 94.4 Å². The maximum atomic E-state index is 10.7. The van der Waals surface area contributed by atoms with E-state index in [0.29, 0.717) is 25.9 Å². The Hall–Kier alpha value is -3.05. The summed E-state index contributed by atoms with van der Waals surface area (Å²) in [6.07, 6.45) is 15.4. The Balaban J connectivity index is 0. The van der Waals surface area contributed by atoms with Crippen molar-refractivity contribution in [3.63, 3.8) is 0 Å². The Morgan fingerprint density at radius 1 is 0.696 bits per heavy atom. The van der Waals surface area contributed by atoms with E-state index < -0.39 is 7.81 Å². The van der Waals surface area contributed by atoms with Crippen LogP contribution in [0, 0.1) is 13.3 Å². The predicted molar refractivity (Wildman–Crippen MR) is 163 cm³/mol. The molecule has 265 valence electrons. The van der Waals surface area contributed by atoms with E-state index in [1.807, 2.05) is 0 Å². The fourth-order valence-electron chi connectivity index (χ4n) is 2.71. The van der Waals surface area contributed by atoms with E-state index in [1.54, 1.807) is 22.7 Å². The summed E-state index contributed by atoms with van der Waals surface area (Å²) in [4.78, 5) is 21.4. The zero-order chi connectivity index (χ0) is 34.3. The van der Waals surface area contributed by atoms with E-state index >= 15 is 0 Å². The van der Waals surface area contributed by atoms with Gasteiger partial charge in [-0.3, -0.25) is 19.6 Å². The van der Waals surface area contributed by atoms with Crippen molar-refractivity contribution in [3.05, 3.63) is 24.2 Å². The number of rotatable bonds is 20. The molecule has 0 atom stereocenters. The summed E-state index contributed by atoms with van der Waals surface area (Å²) in [5.74, 6) is 0. The quantitative estimate of drug-likeness (QED) is 0.0251. The molecule has 2 aliphatic heterocycles. The van der Waals surface area contributed by atoms with Crippen molar-refractivity contribution in [1.29, 1.82) is 0 Å². The molecule has 0 fully saturated rings. The van der Waals surface area contributed by atoms with Crippen LogP contribution in [0.1, 0.15) is 79.1 Å². The molecular formula is C24H42F6FeN12O2P. The molecule has 0 unspecified atom stereocenters. The summed E-state index contributed by atoms with van der Waals surface area (Å²) in [6, 6.07) is 0. The predicted octanol–water partition coefficient (Wildman–Crippen LogP) is 7.05. The summed E-state index contributed by atoms with van der Waals surface area (Å²) in [7, 11) is -10.7. The molecule has 5 radical (unpaired) electrons. The molecule has 0 aromatic rings. The molecule has 14 nitrogen and oxygen atoms in total. The molecule has 0 aromatic carbocycles. The minimum absolute atomic E-state index is 0. The van der Waals surface area contributed by atoms with Crippen molar-refractivity contribution < 1.29 is 51.8 Å². The van der Waals surface area contributed by atoms with E-state index in [-0.39, 0.29) is 17.1 Å². The smallest absolute Gasteiger partial charge is 3.00 e. The van der Waals surface area contributed by atoms with Crippen molar-refractivity contribution >= 4 is 46.0 Å². The van der Waals surface area contributed by atoms with Crippen LogP contribution < -0.4 is 0 Å². The average Bonchev–Trinajstić information content (AvgIpc) is 3.62. The SMILES string of the molecule is CCCCN1[C]N([N-]/C=N/N(C=O)CCCC)C=N1.CCCCN1[C]N([N-]/C=N/N(C=O)CCCC)C=N1.F[P-](F)(F)(F)(F)F.[Fe+3]. The van der Waals surface area contributed by atoms with E-state index in [4.69, 9.17) is 0 Å². The first kappa shape index (κ1) is 45.1. The van der Waals surface area contributed by atoms with Crippen molar-refractivity contribution in [2.24, 2.45) is 20.4 Å². The molecule has 2 heterocycles. The Bertz CT molecular complexity index is 879. The molecule has 0 saturated heterocycles. The second kappa shape index (κ2) is 22.5. The normalized spacial score (nSPS) is 15.4. The molecule has 2 amide bonds. The van der Waals surface area contributed by atoms with Crippen LogP contribution in [-0.2, 0) is 26.7 Å². The minimum Gasteiger partial charge on any atom is 3.00 e. The van der Waals surface area contributed by atoms with Crippen molar-refractivity contribution in [2.45, 2.75) is 79.1 Å². The molecule has 0 aromatic heterocycles. The zero-order valence-corrected chi connectivity index (χ0v) is 28.2. The summed E-state index contributed by atoms with van der Waals surface area (Å²) in [5, 5.41) is 25.1. The largest absolute Gasteiger partial charge is 3.00 e. The van der Waals surface area contributed by atoms with Gasteiger partial charge in [0, 0.05) is 26.2 Å². The van der Waals surface area contributed by atoms with Crippen molar-refractivity contribution in [2.75, 3.05) is 26.2 Å². The zero-order valence-electron chi connectivity index (χ0n) is 26.2. The second-order valence-corrected chi connectivity index (χ2v) is 11.1. The molecule has 2 aliphatic rings. The maximum absolute atomic E-state index is 10.7. The van der Waals surface area contributed by atoms with Gasteiger partial charge < -0.3 is 41.1 Å². The number of carbonyl (C=O) groups excluding carboxylic acids is 2. The molecule has 46 heavy (non-hydrogen) atoms. The van der Waals surface area contributed by atoms with Gasteiger partial charge in [0.05, 0.1) is 0 Å². The van der Waals surface area contributed by atoms with Gasteiger partial charge in [-0.25, -0.2) is 0 Å². The van der Waals surface area contributed by atoms with Gasteiger partial charge in [-0.2, -0.15) is 10.2 Å². The molecule has 0 bridgehead atoms. The van der Waals surface area contributed by atoms with Crippen LogP contribution in [0.15, 0.2) is 20.4 Å². The Morgan fingerprint density at radius 3 is 1.30 bits per heavy atom. The van der Waals surface area contributed by atoms with Gasteiger partial charge in [0.2, 0.25) is 26.2 Å². The van der Waals surface area contributed by atoms with E-state index in [1.165, 1.54) is 32.7 Å². The molecule has 0 N–H and O–H groups in total. The topological polar surface area (TPSA) is 131 Å². The van der Waals surface area contributed by atoms with Crippen molar-refractivity contribution in [1.82, 2.24) is 30.1 Å². The van der Waals surface area contributed by atoms with E-state index in [9.17, 15) is 34.8 Å². The standard InChI is InChI=1S/2C12H21N6O.F6P.Fe/c2*1-3-5-7-16-11-18(10-15-16)14-9-13-17(12-19)8-6-4-2;1-7(2,3,4,5)6;/h2*9-10,12H,3-8H2,1-2H3;;/q3*-1;+3. The van der Waals surface area contributed by atoms with Gasteiger partial charge >= 0.3 is 50.1 Å². The van der Waals surface area contributed by atoms with Crippen LogP contribution in [0.3, 0.4) is 0 Å². The van der Waals surface area contributed by atoms with E-state index in [0.717, 1.165) is 64.5 Å². The third-order valence-corrected chi connectivity index (χ3v) is 4.96. The number of halogens is 6. The minimum atomic E-state index is -10.7. The van der Waals surface area contributed by atoms with Gasteiger partial charge in [-0.1, -0.05) is 66.1 Å². The van der Waals surface area contributed by atoms with Gasteiger partial charge in [0.1, 0.15) is 12.7 Å². The molecular weight excluding hydrogens is 689 g/mol. The fourth-order valence-corrected chi connectivity index (χ4v) is 2.71. The number of unbranched alkanes of at least 4 members (excludes halogenated alkanes) is 4. The molecule has 0 saturated carbocycles. The van der Waals surface area contributed by atoms with Crippen LogP contribution in [0.5, 0.6) is 0 Å². The second-order valence-electron chi connectivity index (χ2n) is 9.20. The number of hydrogen-bond donors (Lipinski definition) is 0. The number of nitrogens with zero attached hydrogens (tertiary/aromatic N) is 12. The van der Waals surface area contributed by atoms with Crippen LogP contribution >= 0.6 is 7.81 Å². The Labute approximate surface area is 277 Å². The first-order chi connectivity index (χ1) is 21.0. The van der Waals surface area contributed by atoms with E-state index in [2.05, 4.69) is 72.3 Å². The summed E-state index contributed by atoms with van der Waals surface area (Å²) < 4.78 is 59.2. The van der Waals surface area contributed by atoms with Gasteiger partial charge in [0.15, 0.2) is 0 Å². The monoisotopic (exact) mass is 731 g/mol. The number of amides is 2.